The van der Waals surface area contributed by atoms with Crippen molar-refractivity contribution < 1.29 is 47.9 Å². The van der Waals surface area contributed by atoms with E-state index in [1.165, 1.54) is 13.0 Å². The van der Waals surface area contributed by atoms with E-state index >= 15 is 0 Å². The molecule has 14 atom stereocenters. The maximum Gasteiger partial charge on any atom is 0.331 e. The van der Waals surface area contributed by atoms with E-state index in [4.69, 9.17) is 28.4 Å². The van der Waals surface area contributed by atoms with Gasteiger partial charge in [-0.3, -0.25) is 9.59 Å². The molecule has 0 bridgehead atoms. The first kappa shape index (κ1) is 33.4. The minimum absolute atomic E-state index is 0.0355. The Balaban J connectivity index is 0.994. The van der Waals surface area contributed by atoms with Crippen LogP contribution in [0, 0.1) is 34.5 Å². The van der Waals surface area contributed by atoms with Crippen LogP contribution in [0.25, 0.3) is 0 Å². The summed E-state index contributed by atoms with van der Waals surface area (Å²) in [5.74, 6) is 0.660. The van der Waals surface area contributed by atoms with E-state index in [0.29, 0.717) is 24.9 Å². The first-order valence-electron chi connectivity index (χ1n) is 17.9. The van der Waals surface area contributed by atoms with Gasteiger partial charge in [-0.1, -0.05) is 13.8 Å². The molecule has 0 unspecified atom stereocenters. The number of ketones is 1. The van der Waals surface area contributed by atoms with Gasteiger partial charge in [0.1, 0.15) is 24.9 Å². The third-order valence-electron chi connectivity index (χ3n) is 13.7. The Morgan fingerprint density at radius 2 is 1.77 bits per heavy atom. The highest BCUT2D eigenvalue weighted by Crippen LogP contribution is 2.70. The van der Waals surface area contributed by atoms with Gasteiger partial charge >= 0.3 is 11.9 Å². The molecule has 3 heterocycles. The van der Waals surface area contributed by atoms with Gasteiger partial charge in [0.2, 0.25) is 0 Å². The van der Waals surface area contributed by atoms with Crippen molar-refractivity contribution in [2.75, 3.05) is 6.61 Å². The van der Waals surface area contributed by atoms with Crippen molar-refractivity contribution in [1.82, 2.24) is 0 Å². The first-order chi connectivity index (χ1) is 22.3. The van der Waals surface area contributed by atoms with Gasteiger partial charge in [0.15, 0.2) is 18.4 Å². The number of ether oxygens (including phenoxy) is 6. The fourth-order valence-corrected chi connectivity index (χ4v) is 11.2. The quantitative estimate of drug-likeness (QED) is 0.310. The number of cyclic esters (lactones) is 1. The Morgan fingerprint density at radius 3 is 2.49 bits per heavy atom. The molecule has 0 aromatic heterocycles. The second-order valence-electron chi connectivity index (χ2n) is 16.0. The van der Waals surface area contributed by atoms with Crippen LogP contribution < -0.4 is 0 Å². The number of rotatable bonds is 6. The molecule has 3 aliphatic heterocycles. The summed E-state index contributed by atoms with van der Waals surface area (Å²) in [5.41, 5.74) is 0.247. The molecule has 260 valence electrons. The third-order valence-corrected chi connectivity index (χ3v) is 13.7. The topological polar surface area (TPSA) is 127 Å². The molecular weight excluding hydrogens is 604 g/mol. The summed E-state index contributed by atoms with van der Waals surface area (Å²) in [4.78, 5) is 35.8. The lowest BCUT2D eigenvalue weighted by Crippen LogP contribution is -2.62. The Kier molecular flexibility index (Phi) is 8.77. The first-order valence-corrected chi connectivity index (χ1v) is 17.9. The van der Waals surface area contributed by atoms with Gasteiger partial charge in [-0.2, -0.15) is 0 Å². The van der Waals surface area contributed by atoms with Crippen molar-refractivity contribution in [2.45, 2.75) is 148 Å². The summed E-state index contributed by atoms with van der Waals surface area (Å²) >= 11 is 0. The fourth-order valence-electron chi connectivity index (χ4n) is 11.2. The van der Waals surface area contributed by atoms with Crippen LogP contribution in [0.1, 0.15) is 98.8 Å². The number of hydrogen-bond acceptors (Lipinski definition) is 10. The summed E-state index contributed by atoms with van der Waals surface area (Å²) in [6.07, 6.45) is 10.4. The monoisotopic (exact) mass is 656 g/mol. The number of carbonyl (C=O) groups excluding carboxylic acids is 3. The highest BCUT2D eigenvalue weighted by atomic mass is 16.7. The van der Waals surface area contributed by atoms with Gasteiger partial charge in [-0.15, -0.1) is 0 Å². The zero-order valence-electron chi connectivity index (χ0n) is 28.5. The summed E-state index contributed by atoms with van der Waals surface area (Å²) in [7, 11) is 0. The predicted octanol–water partition coefficient (Wildman–Crippen LogP) is 4.95. The SMILES string of the molecule is CC(=O)O[C@H]1C[C@H](O[C@H]2CC[C@@]3(C)[C@H](CC[C@@H]4[C@@H]3CC[C@]3(C)[C@@H](C5=CC(=O)OC5)CC[C@]43O)C2)O[C@H](C)[C@H]1O[C@H]1C=CC(=O)[C@@H](C)O1. The number of hydrogen-bond donors (Lipinski definition) is 1. The Bertz CT molecular complexity index is 1330. The molecule has 0 aromatic rings. The van der Waals surface area contributed by atoms with Crippen LogP contribution in [0.3, 0.4) is 0 Å². The number of esters is 2. The average Bonchev–Trinajstić information content (AvgIpc) is 3.56. The molecule has 10 heteroatoms. The van der Waals surface area contributed by atoms with E-state index in [9.17, 15) is 19.5 Å². The second kappa shape index (κ2) is 12.3. The summed E-state index contributed by atoms with van der Waals surface area (Å²) < 4.78 is 35.8. The smallest absolute Gasteiger partial charge is 0.331 e. The zero-order valence-corrected chi connectivity index (χ0v) is 28.5. The van der Waals surface area contributed by atoms with Crippen LogP contribution in [-0.2, 0) is 42.8 Å². The van der Waals surface area contributed by atoms with Gasteiger partial charge in [-0.25, -0.2) is 4.79 Å². The zero-order chi connectivity index (χ0) is 33.3. The molecular formula is C37H52O10. The lowest BCUT2D eigenvalue weighted by Gasteiger charge is -2.64. The molecule has 0 aromatic carbocycles. The van der Waals surface area contributed by atoms with E-state index in [0.717, 1.165) is 63.4 Å². The molecule has 10 nitrogen and oxygen atoms in total. The molecule has 4 saturated carbocycles. The van der Waals surface area contributed by atoms with Crippen molar-refractivity contribution in [3.05, 3.63) is 23.8 Å². The Hall–Kier alpha value is -2.11. The molecule has 0 radical (unpaired) electrons. The Labute approximate surface area is 277 Å². The van der Waals surface area contributed by atoms with Crippen molar-refractivity contribution in [2.24, 2.45) is 34.5 Å². The molecule has 7 rings (SSSR count). The third kappa shape index (κ3) is 5.73. The lowest BCUT2D eigenvalue weighted by atomic mass is 9.43. The maximum atomic E-state index is 12.5. The van der Waals surface area contributed by atoms with Crippen LogP contribution in [-0.4, -0.2) is 78.1 Å². The minimum atomic E-state index is -0.732. The summed E-state index contributed by atoms with van der Waals surface area (Å²) in [6.45, 7) is 10.1. The molecule has 7 aliphatic rings. The number of fused-ring (bicyclic) bond motifs is 5. The van der Waals surface area contributed by atoms with E-state index in [1.54, 1.807) is 19.1 Å². The maximum absolute atomic E-state index is 12.5. The molecule has 47 heavy (non-hydrogen) atoms. The molecule has 1 N–H and O–H groups in total. The molecule has 5 fully saturated rings. The standard InChI is InChI=1S/C37H52O10/c1-20-29(39)8-9-32(43-20)47-34-21(2)44-33(18-30(34)45-22(3)38)46-25-10-13-35(4)24(17-25)6-7-28-27(35)11-14-36(5)26(12-15-37(28,36)41)23-16-31(40)42-19-23/h8-9,16,20-21,24-28,30,32-34,41H,6-7,10-15,17-19H2,1-5H3/t20-,21-,24-,25+,26-,27+,28-,30+,32+,33+,34-,35+,36-,37+/m1/s1. The van der Waals surface area contributed by atoms with E-state index < -0.39 is 48.6 Å². The lowest BCUT2D eigenvalue weighted by molar-refractivity contribution is -0.297. The van der Waals surface area contributed by atoms with Crippen LogP contribution >= 0.6 is 0 Å². The fraction of sp³-hybridized carbons (Fsp3) is 0.811. The van der Waals surface area contributed by atoms with Crippen molar-refractivity contribution in [3.8, 4) is 0 Å². The molecule has 1 saturated heterocycles. The largest absolute Gasteiger partial charge is 0.459 e. The van der Waals surface area contributed by atoms with E-state index in [2.05, 4.69) is 13.8 Å². The summed E-state index contributed by atoms with van der Waals surface area (Å²) in [5, 5.41) is 12.5. The van der Waals surface area contributed by atoms with Gasteiger partial charge in [0.25, 0.3) is 0 Å². The molecule has 4 aliphatic carbocycles. The van der Waals surface area contributed by atoms with Crippen LogP contribution in [0.2, 0.25) is 0 Å². The molecule has 0 amide bonds. The van der Waals surface area contributed by atoms with Crippen LogP contribution in [0.15, 0.2) is 23.8 Å². The van der Waals surface area contributed by atoms with Crippen LogP contribution in [0.5, 0.6) is 0 Å². The molecule has 0 spiro atoms. The van der Waals surface area contributed by atoms with Gasteiger partial charge in [-0.05, 0) is 118 Å². The Morgan fingerprint density at radius 1 is 0.957 bits per heavy atom. The summed E-state index contributed by atoms with van der Waals surface area (Å²) in [6, 6.07) is 0. The average molecular weight is 657 g/mol. The van der Waals surface area contributed by atoms with Crippen LogP contribution in [0.4, 0.5) is 0 Å². The van der Waals surface area contributed by atoms with Gasteiger partial charge in [0, 0.05) is 24.8 Å². The van der Waals surface area contributed by atoms with Gasteiger partial charge in [0.05, 0.1) is 17.8 Å². The van der Waals surface area contributed by atoms with E-state index in [1.807, 2.05) is 6.92 Å². The van der Waals surface area contributed by atoms with Crippen molar-refractivity contribution in [3.63, 3.8) is 0 Å². The predicted molar refractivity (Wildman–Crippen MR) is 168 cm³/mol. The number of carbonyl (C=O) groups is 3. The number of aliphatic hydroxyl groups is 1. The van der Waals surface area contributed by atoms with Crippen molar-refractivity contribution in [1.29, 1.82) is 0 Å². The van der Waals surface area contributed by atoms with E-state index in [-0.39, 0.29) is 40.5 Å². The van der Waals surface area contributed by atoms with Crippen molar-refractivity contribution >= 4 is 17.7 Å². The van der Waals surface area contributed by atoms with Gasteiger partial charge < -0.3 is 33.5 Å². The second-order valence-corrected chi connectivity index (χ2v) is 16.0. The highest BCUT2D eigenvalue weighted by molar-refractivity contribution is 5.93. The highest BCUT2D eigenvalue weighted by Gasteiger charge is 2.67. The normalized spacial score (nSPS) is 49.4. The minimum Gasteiger partial charge on any atom is -0.459 e.